The number of methoxy groups -OCH3 is 1. The zero-order chi connectivity index (χ0) is 13.2. The Kier molecular flexibility index (Phi) is 7.46. The fourth-order valence-corrected chi connectivity index (χ4v) is 2.03. The second-order valence-corrected chi connectivity index (χ2v) is 4.23. The lowest BCUT2D eigenvalue weighted by Crippen LogP contribution is -2.21. The first-order valence-corrected chi connectivity index (χ1v) is 6.76. The lowest BCUT2D eigenvalue weighted by molar-refractivity contribution is 0.141. The first-order valence-electron chi connectivity index (χ1n) is 6.76. The Balaban J connectivity index is 2.58. The van der Waals surface area contributed by atoms with Gasteiger partial charge in [0.15, 0.2) is 0 Å². The van der Waals surface area contributed by atoms with Gasteiger partial charge in [0.05, 0.1) is 7.11 Å². The molecule has 0 aliphatic heterocycles. The molecule has 0 spiro atoms. The summed E-state index contributed by atoms with van der Waals surface area (Å²) in [4.78, 5) is 0. The van der Waals surface area contributed by atoms with Crippen molar-refractivity contribution in [2.45, 2.75) is 32.7 Å². The van der Waals surface area contributed by atoms with Crippen molar-refractivity contribution in [3.05, 3.63) is 29.8 Å². The molecule has 0 radical (unpaired) electrons. The zero-order valence-electron chi connectivity index (χ0n) is 11.7. The van der Waals surface area contributed by atoms with Crippen molar-refractivity contribution < 1.29 is 9.47 Å². The highest BCUT2D eigenvalue weighted by molar-refractivity contribution is 5.30. The molecule has 0 saturated carbocycles. The first kappa shape index (κ1) is 15.0. The van der Waals surface area contributed by atoms with E-state index in [1.807, 2.05) is 19.1 Å². The third-order valence-electron chi connectivity index (χ3n) is 2.93. The molecule has 0 bridgehead atoms. The van der Waals surface area contributed by atoms with E-state index in [1.165, 1.54) is 5.56 Å². The van der Waals surface area contributed by atoms with Crippen molar-refractivity contribution in [1.82, 2.24) is 5.32 Å². The molecule has 1 atom stereocenters. The largest absolute Gasteiger partial charge is 0.497 e. The third-order valence-corrected chi connectivity index (χ3v) is 2.93. The first-order chi connectivity index (χ1) is 8.81. The summed E-state index contributed by atoms with van der Waals surface area (Å²) in [6.45, 7) is 6.77. The Morgan fingerprint density at radius 3 is 2.78 bits per heavy atom. The van der Waals surface area contributed by atoms with Gasteiger partial charge < -0.3 is 14.8 Å². The highest BCUT2D eigenvalue weighted by Crippen LogP contribution is 2.22. The summed E-state index contributed by atoms with van der Waals surface area (Å²) >= 11 is 0. The fourth-order valence-electron chi connectivity index (χ4n) is 2.03. The van der Waals surface area contributed by atoms with Gasteiger partial charge in [-0.1, -0.05) is 19.1 Å². The number of nitrogens with one attached hydrogen (secondary N) is 1. The normalized spacial score (nSPS) is 12.4. The van der Waals surface area contributed by atoms with Gasteiger partial charge in [0.1, 0.15) is 5.75 Å². The van der Waals surface area contributed by atoms with Crippen LogP contribution in [0, 0.1) is 0 Å². The molecule has 0 amide bonds. The van der Waals surface area contributed by atoms with E-state index in [4.69, 9.17) is 9.47 Å². The van der Waals surface area contributed by atoms with Gasteiger partial charge >= 0.3 is 0 Å². The number of hydrogen-bond acceptors (Lipinski definition) is 3. The number of benzene rings is 1. The maximum absolute atomic E-state index is 5.39. The summed E-state index contributed by atoms with van der Waals surface area (Å²) in [5, 5.41) is 3.52. The van der Waals surface area contributed by atoms with Gasteiger partial charge in [-0.3, -0.25) is 0 Å². The van der Waals surface area contributed by atoms with Crippen LogP contribution >= 0.6 is 0 Å². The van der Waals surface area contributed by atoms with Crippen LogP contribution in [0.2, 0.25) is 0 Å². The number of rotatable bonds is 9. The van der Waals surface area contributed by atoms with Gasteiger partial charge in [0, 0.05) is 19.3 Å². The molecule has 18 heavy (non-hydrogen) atoms. The molecule has 3 heteroatoms. The van der Waals surface area contributed by atoms with Gasteiger partial charge in [-0.2, -0.15) is 0 Å². The second kappa shape index (κ2) is 8.95. The Labute approximate surface area is 110 Å². The quantitative estimate of drug-likeness (QED) is 0.684. The van der Waals surface area contributed by atoms with Crippen molar-refractivity contribution in [1.29, 1.82) is 0 Å². The fraction of sp³-hybridized carbons (Fsp3) is 0.600. The highest BCUT2D eigenvalue weighted by Gasteiger charge is 2.10. The molecule has 0 fully saturated rings. The van der Waals surface area contributed by atoms with Gasteiger partial charge in [0.25, 0.3) is 0 Å². The molecule has 0 heterocycles. The van der Waals surface area contributed by atoms with E-state index in [-0.39, 0.29) is 0 Å². The van der Waals surface area contributed by atoms with E-state index in [1.54, 1.807) is 7.11 Å². The highest BCUT2D eigenvalue weighted by atomic mass is 16.5. The Morgan fingerprint density at radius 1 is 1.28 bits per heavy atom. The maximum atomic E-state index is 5.39. The van der Waals surface area contributed by atoms with Crippen LogP contribution < -0.4 is 10.1 Å². The van der Waals surface area contributed by atoms with Crippen molar-refractivity contribution in [3.8, 4) is 5.75 Å². The van der Waals surface area contributed by atoms with Gasteiger partial charge in [-0.15, -0.1) is 0 Å². The lowest BCUT2D eigenvalue weighted by Gasteiger charge is -2.19. The molecule has 0 saturated heterocycles. The summed E-state index contributed by atoms with van der Waals surface area (Å²) in [5.41, 5.74) is 1.28. The summed E-state index contributed by atoms with van der Waals surface area (Å²) in [7, 11) is 1.70. The molecule has 1 aromatic carbocycles. The van der Waals surface area contributed by atoms with E-state index in [0.717, 1.165) is 38.3 Å². The van der Waals surface area contributed by atoms with Crippen molar-refractivity contribution in [2.24, 2.45) is 0 Å². The van der Waals surface area contributed by atoms with E-state index in [0.29, 0.717) is 6.04 Å². The monoisotopic (exact) mass is 251 g/mol. The van der Waals surface area contributed by atoms with Crippen molar-refractivity contribution >= 4 is 0 Å². The Morgan fingerprint density at radius 2 is 2.11 bits per heavy atom. The van der Waals surface area contributed by atoms with Crippen LogP contribution in [0.25, 0.3) is 0 Å². The summed E-state index contributed by atoms with van der Waals surface area (Å²) in [6, 6.07) is 8.66. The average Bonchev–Trinajstić information content (AvgIpc) is 2.42. The SMILES string of the molecule is CCNC(CCCOCC)c1cccc(OC)c1. The molecular weight excluding hydrogens is 226 g/mol. The maximum Gasteiger partial charge on any atom is 0.119 e. The van der Waals surface area contributed by atoms with Crippen LogP contribution in [-0.4, -0.2) is 26.9 Å². The Bertz CT molecular complexity index is 328. The minimum atomic E-state index is 0.380. The molecule has 3 nitrogen and oxygen atoms in total. The summed E-state index contributed by atoms with van der Waals surface area (Å²) in [5.74, 6) is 0.917. The summed E-state index contributed by atoms with van der Waals surface area (Å²) < 4.78 is 10.7. The van der Waals surface area contributed by atoms with E-state index >= 15 is 0 Å². The molecular formula is C15H25NO2. The van der Waals surface area contributed by atoms with E-state index in [2.05, 4.69) is 24.4 Å². The molecule has 102 valence electrons. The standard InChI is InChI=1S/C15H25NO2/c1-4-16-15(10-7-11-18-5-2)13-8-6-9-14(12-13)17-3/h6,8-9,12,15-16H,4-5,7,10-11H2,1-3H3. The smallest absolute Gasteiger partial charge is 0.119 e. The summed E-state index contributed by atoms with van der Waals surface area (Å²) in [6.07, 6.45) is 2.16. The number of hydrogen-bond donors (Lipinski definition) is 1. The molecule has 1 aromatic rings. The van der Waals surface area contributed by atoms with Crippen LogP contribution in [0.4, 0.5) is 0 Å². The van der Waals surface area contributed by atoms with Crippen LogP contribution in [0.3, 0.4) is 0 Å². The van der Waals surface area contributed by atoms with Crippen LogP contribution in [0.15, 0.2) is 24.3 Å². The van der Waals surface area contributed by atoms with Gasteiger partial charge in [0.2, 0.25) is 0 Å². The topological polar surface area (TPSA) is 30.5 Å². The minimum Gasteiger partial charge on any atom is -0.497 e. The zero-order valence-corrected chi connectivity index (χ0v) is 11.7. The third kappa shape index (κ3) is 5.07. The number of ether oxygens (including phenoxy) is 2. The molecule has 0 aromatic heterocycles. The lowest BCUT2D eigenvalue weighted by atomic mass is 10.0. The average molecular weight is 251 g/mol. The van der Waals surface area contributed by atoms with Crippen LogP contribution in [0.1, 0.15) is 38.3 Å². The van der Waals surface area contributed by atoms with Crippen molar-refractivity contribution in [2.75, 3.05) is 26.9 Å². The van der Waals surface area contributed by atoms with Gasteiger partial charge in [-0.25, -0.2) is 0 Å². The molecule has 1 unspecified atom stereocenters. The van der Waals surface area contributed by atoms with Crippen LogP contribution in [-0.2, 0) is 4.74 Å². The predicted octanol–water partition coefficient (Wildman–Crippen LogP) is 3.16. The predicted molar refractivity (Wildman–Crippen MR) is 75.1 cm³/mol. The van der Waals surface area contributed by atoms with Crippen LogP contribution in [0.5, 0.6) is 5.75 Å². The van der Waals surface area contributed by atoms with E-state index in [9.17, 15) is 0 Å². The molecule has 0 aliphatic rings. The molecule has 1 N–H and O–H groups in total. The molecule has 1 rings (SSSR count). The van der Waals surface area contributed by atoms with Crippen molar-refractivity contribution in [3.63, 3.8) is 0 Å². The van der Waals surface area contributed by atoms with E-state index < -0.39 is 0 Å². The Hall–Kier alpha value is -1.06. The second-order valence-electron chi connectivity index (χ2n) is 4.23. The molecule has 0 aliphatic carbocycles. The minimum absolute atomic E-state index is 0.380. The van der Waals surface area contributed by atoms with Gasteiger partial charge in [-0.05, 0) is 44.0 Å².